The third-order valence-corrected chi connectivity index (χ3v) is 1.99. The molecule has 0 aliphatic carbocycles. The third-order valence-electron chi connectivity index (χ3n) is 1.99. The summed E-state index contributed by atoms with van der Waals surface area (Å²) in [6.07, 6.45) is -4.53. The summed E-state index contributed by atoms with van der Waals surface area (Å²) < 4.78 is 37.2. The molecular weight excluding hydrogens is 197 g/mol. The standard InChI is InChI=1S/C8H13F3N2O/c1-5(2)12-13-6(8(9,10)11)3-4-7(13)14/h5-6,12H,3-4H2,1-2H3. The van der Waals surface area contributed by atoms with Crippen LogP contribution in [0.15, 0.2) is 0 Å². The van der Waals surface area contributed by atoms with Gasteiger partial charge in [0.05, 0.1) is 0 Å². The second-order valence-corrected chi connectivity index (χ2v) is 3.64. The van der Waals surface area contributed by atoms with Crippen molar-refractivity contribution in [2.75, 3.05) is 0 Å². The van der Waals surface area contributed by atoms with Crippen LogP contribution in [0.1, 0.15) is 26.7 Å². The summed E-state index contributed by atoms with van der Waals surface area (Å²) in [6.45, 7) is 3.39. The normalized spacial score (nSPS) is 23.7. The zero-order valence-corrected chi connectivity index (χ0v) is 8.06. The molecule has 1 unspecified atom stereocenters. The molecule has 1 aliphatic rings. The van der Waals surface area contributed by atoms with E-state index in [2.05, 4.69) is 5.43 Å². The Morgan fingerprint density at radius 3 is 2.50 bits per heavy atom. The zero-order valence-electron chi connectivity index (χ0n) is 8.06. The molecule has 3 nitrogen and oxygen atoms in total. The van der Waals surface area contributed by atoms with Crippen LogP contribution in [0.4, 0.5) is 13.2 Å². The average Bonchev–Trinajstić information content (AvgIpc) is 2.30. The number of hydrazine groups is 1. The molecule has 1 N–H and O–H groups in total. The van der Waals surface area contributed by atoms with Crippen LogP contribution >= 0.6 is 0 Å². The van der Waals surface area contributed by atoms with Gasteiger partial charge in [0, 0.05) is 12.5 Å². The van der Waals surface area contributed by atoms with Crippen molar-refractivity contribution in [1.82, 2.24) is 10.4 Å². The summed E-state index contributed by atoms with van der Waals surface area (Å²) in [6, 6.07) is -1.85. The lowest BCUT2D eigenvalue weighted by molar-refractivity contribution is -0.188. The van der Waals surface area contributed by atoms with E-state index in [9.17, 15) is 18.0 Å². The third kappa shape index (κ3) is 2.37. The van der Waals surface area contributed by atoms with Crippen molar-refractivity contribution in [3.63, 3.8) is 0 Å². The number of nitrogens with zero attached hydrogens (tertiary/aromatic N) is 1. The molecule has 0 radical (unpaired) electrons. The van der Waals surface area contributed by atoms with Gasteiger partial charge in [-0.25, -0.2) is 5.43 Å². The van der Waals surface area contributed by atoms with Crippen LogP contribution in [0.2, 0.25) is 0 Å². The summed E-state index contributed by atoms with van der Waals surface area (Å²) in [5, 5.41) is 0.713. The van der Waals surface area contributed by atoms with Crippen LogP contribution in [0.25, 0.3) is 0 Å². The fourth-order valence-corrected chi connectivity index (χ4v) is 1.43. The molecule has 1 aliphatic heterocycles. The maximum Gasteiger partial charge on any atom is 0.410 e. The largest absolute Gasteiger partial charge is 0.410 e. The smallest absolute Gasteiger partial charge is 0.273 e. The highest BCUT2D eigenvalue weighted by Gasteiger charge is 2.49. The number of nitrogens with one attached hydrogen (secondary N) is 1. The molecule has 0 saturated carbocycles. The SMILES string of the molecule is CC(C)NN1C(=O)CCC1C(F)(F)F. The summed E-state index contributed by atoms with van der Waals surface area (Å²) in [7, 11) is 0. The van der Waals surface area contributed by atoms with Gasteiger partial charge in [0.25, 0.3) is 0 Å². The summed E-state index contributed by atoms with van der Waals surface area (Å²) in [5.74, 6) is -0.485. The van der Waals surface area contributed by atoms with E-state index in [0.29, 0.717) is 5.01 Å². The minimum atomic E-state index is -4.34. The molecule has 1 saturated heterocycles. The van der Waals surface area contributed by atoms with Crippen LogP contribution < -0.4 is 5.43 Å². The van der Waals surface area contributed by atoms with Gasteiger partial charge in [0.15, 0.2) is 0 Å². The van der Waals surface area contributed by atoms with Gasteiger partial charge in [-0.2, -0.15) is 13.2 Å². The van der Waals surface area contributed by atoms with E-state index >= 15 is 0 Å². The Kier molecular flexibility index (Phi) is 3.04. The molecule has 1 rings (SSSR count). The second-order valence-electron chi connectivity index (χ2n) is 3.64. The maximum atomic E-state index is 12.4. The van der Waals surface area contributed by atoms with E-state index in [1.165, 1.54) is 0 Å². The number of hydrogen-bond donors (Lipinski definition) is 1. The first-order valence-electron chi connectivity index (χ1n) is 4.47. The molecule has 14 heavy (non-hydrogen) atoms. The first-order chi connectivity index (χ1) is 6.32. The van der Waals surface area contributed by atoms with E-state index in [1.54, 1.807) is 13.8 Å². The average molecular weight is 210 g/mol. The number of carbonyl (C=O) groups excluding carboxylic acids is 1. The van der Waals surface area contributed by atoms with E-state index in [0.717, 1.165) is 0 Å². The van der Waals surface area contributed by atoms with Gasteiger partial charge < -0.3 is 0 Å². The second kappa shape index (κ2) is 3.76. The van der Waals surface area contributed by atoms with Gasteiger partial charge in [-0.3, -0.25) is 9.80 Å². The number of hydrogen-bond acceptors (Lipinski definition) is 2. The van der Waals surface area contributed by atoms with Gasteiger partial charge >= 0.3 is 6.18 Å². The lowest BCUT2D eigenvalue weighted by Gasteiger charge is -2.28. The fraction of sp³-hybridized carbons (Fsp3) is 0.875. The summed E-state index contributed by atoms with van der Waals surface area (Å²) in [4.78, 5) is 11.1. The van der Waals surface area contributed by atoms with Gasteiger partial charge in [-0.1, -0.05) is 0 Å². The Morgan fingerprint density at radius 1 is 1.50 bits per heavy atom. The van der Waals surface area contributed by atoms with Crippen LogP contribution in [0.3, 0.4) is 0 Å². The van der Waals surface area contributed by atoms with E-state index < -0.39 is 18.1 Å². The van der Waals surface area contributed by atoms with Gasteiger partial charge in [-0.05, 0) is 20.3 Å². The number of halogens is 3. The van der Waals surface area contributed by atoms with Crippen LogP contribution in [-0.2, 0) is 4.79 Å². The van der Waals surface area contributed by atoms with Crippen molar-refractivity contribution in [2.24, 2.45) is 0 Å². The fourth-order valence-electron chi connectivity index (χ4n) is 1.43. The molecule has 6 heteroatoms. The molecule has 0 aromatic rings. The summed E-state index contributed by atoms with van der Waals surface area (Å²) >= 11 is 0. The van der Waals surface area contributed by atoms with Crippen molar-refractivity contribution in [1.29, 1.82) is 0 Å². The highest BCUT2D eigenvalue weighted by Crippen LogP contribution is 2.32. The summed E-state index contributed by atoms with van der Waals surface area (Å²) in [5.41, 5.74) is 2.51. The number of rotatable bonds is 2. The van der Waals surface area contributed by atoms with Gasteiger partial charge in [0.1, 0.15) is 6.04 Å². The molecule has 82 valence electrons. The van der Waals surface area contributed by atoms with Crippen LogP contribution in [0, 0.1) is 0 Å². The monoisotopic (exact) mass is 210 g/mol. The molecular formula is C8H13F3N2O. The van der Waals surface area contributed by atoms with Crippen molar-refractivity contribution in [2.45, 2.75) is 44.9 Å². The lowest BCUT2D eigenvalue weighted by Crippen LogP contribution is -2.52. The molecule has 0 aromatic carbocycles. The number of alkyl halides is 3. The van der Waals surface area contributed by atoms with Crippen LogP contribution in [-0.4, -0.2) is 29.2 Å². The number of carbonyl (C=O) groups is 1. The molecule has 1 amide bonds. The Labute approximate surface area is 80.2 Å². The predicted molar refractivity (Wildman–Crippen MR) is 44.2 cm³/mol. The van der Waals surface area contributed by atoms with Crippen LogP contribution in [0.5, 0.6) is 0 Å². The quantitative estimate of drug-likeness (QED) is 0.748. The zero-order chi connectivity index (χ0) is 10.9. The molecule has 0 aromatic heterocycles. The molecule has 0 bridgehead atoms. The van der Waals surface area contributed by atoms with E-state index in [1.807, 2.05) is 0 Å². The molecule has 1 heterocycles. The lowest BCUT2D eigenvalue weighted by atomic mass is 10.2. The minimum Gasteiger partial charge on any atom is -0.273 e. The predicted octanol–water partition coefficient (Wildman–Crippen LogP) is 1.45. The van der Waals surface area contributed by atoms with Gasteiger partial charge in [-0.15, -0.1) is 0 Å². The van der Waals surface area contributed by atoms with Crippen molar-refractivity contribution >= 4 is 5.91 Å². The number of amides is 1. The Morgan fingerprint density at radius 2 is 2.07 bits per heavy atom. The van der Waals surface area contributed by atoms with E-state index in [4.69, 9.17) is 0 Å². The highest BCUT2D eigenvalue weighted by atomic mass is 19.4. The highest BCUT2D eigenvalue weighted by molar-refractivity contribution is 5.78. The Balaban J connectivity index is 2.72. The maximum absolute atomic E-state index is 12.4. The Hall–Kier alpha value is -0.780. The minimum absolute atomic E-state index is 0.0378. The van der Waals surface area contributed by atoms with Gasteiger partial charge in [0.2, 0.25) is 5.91 Å². The van der Waals surface area contributed by atoms with E-state index in [-0.39, 0.29) is 18.9 Å². The van der Waals surface area contributed by atoms with Crippen molar-refractivity contribution in [3.05, 3.63) is 0 Å². The van der Waals surface area contributed by atoms with Crippen molar-refractivity contribution in [3.8, 4) is 0 Å². The van der Waals surface area contributed by atoms with Crippen molar-refractivity contribution < 1.29 is 18.0 Å². The molecule has 1 atom stereocenters. The Bertz CT molecular complexity index is 227. The first-order valence-corrected chi connectivity index (χ1v) is 4.47. The topological polar surface area (TPSA) is 32.3 Å². The molecule has 0 spiro atoms. The molecule has 1 fully saturated rings. The first kappa shape index (κ1) is 11.3.